The third-order valence-electron chi connectivity index (χ3n) is 3.63. The Hall–Kier alpha value is -1.97. The van der Waals surface area contributed by atoms with E-state index in [9.17, 15) is 4.79 Å². The van der Waals surface area contributed by atoms with Crippen LogP contribution in [0, 0.1) is 5.92 Å². The Labute approximate surface area is 112 Å². The zero-order valence-electron chi connectivity index (χ0n) is 10.9. The molecule has 1 aromatic rings. The first-order chi connectivity index (χ1) is 9.24. The van der Waals surface area contributed by atoms with Crippen LogP contribution in [0.4, 0.5) is 5.69 Å². The van der Waals surface area contributed by atoms with E-state index >= 15 is 0 Å². The number of hydrogen-bond acceptors (Lipinski definition) is 4. The van der Waals surface area contributed by atoms with Crippen molar-refractivity contribution in [2.24, 2.45) is 5.92 Å². The normalized spacial score (nSPS) is 23.7. The van der Waals surface area contributed by atoms with Crippen molar-refractivity contribution in [2.45, 2.75) is 26.2 Å². The van der Waals surface area contributed by atoms with Crippen molar-refractivity contribution in [2.75, 3.05) is 12.1 Å². The Balaban J connectivity index is 1.73. The van der Waals surface area contributed by atoms with Gasteiger partial charge in [-0.2, -0.15) is 0 Å². The summed E-state index contributed by atoms with van der Waals surface area (Å²) in [5.74, 6) is 1.92. The minimum atomic E-state index is 0.151. The van der Waals surface area contributed by atoms with Crippen LogP contribution in [0.1, 0.15) is 26.2 Å². The third kappa shape index (κ3) is 2.43. The van der Waals surface area contributed by atoms with E-state index < -0.39 is 0 Å². The Morgan fingerprint density at radius 2 is 2.16 bits per heavy atom. The smallest absolute Gasteiger partial charge is 0.231 e. The summed E-state index contributed by atoms with van der Waals surface area (Å²) >= 11 is 0. The van der Waals surface area contributed by atoms with Gasteiger partial charge in [0.05, 0.1) is 0 Å². The lowest BCUT2D eigenvalue weighted by atomic mass is 9.86. The number of ether oxygens (including phenoxy) is 2. The van der Waals surface area contributed by atoms with Crippen molar-refractivity contribution in [3.05, 3.63) is 30.0 Å². The molecule has 1 atom stereocenters. The summed E-state index contributed by atoms with van der Waals surface area (Å²) in [4.78, 5) is 12.0. The molecule has 1 aliphatic carbocycles. The summed E-state index contributed by atoms with van der Waals surface area (Å²) in [6.07, 6.45) is 4.78. The first-order valence-electron chi connectivity index (χ1n) is 6.63. The lowest BCUT2D eigenvalue weighted by Gasteiger charge is -2.19. The van der Waals surface area contributed by atoms with E-state index in [0.717, 1.165) is 42.0 Å². The fourth-order valence-corrected chi connectivity index (χ4v) is 2.47. The van der Waals surface area contributed by atoms with E-state index in [0.29, 0.717) is 0 Å². The monoisotopic (exact) mass is 259 g/mol. The fraction of sp³-hybridized carbons (Fsp3) is 0.400. The summed E-state index contributed by atoms with van der Waals surface area (Å²) in [6, 6.07) is 5.67. The number of carbonyl (C=O) groups is 1. The van der Waals surface area contributed by atoms with Crippen LogP contribution in [0.25, 0.3) is 0 Å². The van der Waals surface area contributed by atoms with Gasteiger partial charge in [-0.1, -0.05) is 6.92 Å². The van der Waals surface area contributed by atoms with Gasteiger partial charge in [-0.3, -0.25) is 4.79 Å². The molecule has 0 saturated heterocycles. The summed E-state index contributed by atoms with van der Waals surface area (Å²) in [5, 5.41) is 3.18. The molecule has 1 heterocycles. The first-order valence-corrected chi connectivity index (χ1v) is 6.63. The molecule has 0 bridgehead atoms. The van der Waals surface area contributed by atoms with E-state index in [2.05, 4.69) is 5.32 Å². The Morgan fingerprint density at radius 1 is 1.32 bits per heavy atom. The standard InChI is InChI=1S/C15H17NO3/c1-10-3-2-4-11(15(10)17)8-16-12-5-6-13-14(7-12)19-9-18-13/h5-8,10,16H,2-4,9H2,1H3/b11-8+/t10-/m0/s1. The molecule has 0 amide bonds. The molecule has 0 spiro atoms. The number of ketones is 1. The van der Waals surface area contributed by atoms with Gasteiger partial charge in [0.2, 0.25) is 6.79 Å². The van der Waals surface area contributed by atoms with Gasteiger partial charge in [-0.05, 0) is 31.4 Å². The highest BCUT2D eigenvalue weighted by molar-refractivity contribution is 5.97. The number of fused-ring (bicyclic) bond motifs is 1. The molecule has 3 rings (SSSR count). The lowest BCUT2D eigenvalue weighted by Crippen LogP contribution is -2.19. The van der Waals surface area contributed by atoms with Crippen LogP contribution < -0.4 is 14.8 Å². The number of rotatable bonds is 2. The maximum atomic E-state index is 12.0. The molecular formula is C15H17NO3. The quantitative estimate of drug-likeness (QED) is 0.829. The SMILES string of the molecule is C[C@H]1CCC/C(=C\Nc2ccc3c(c2)OCO3)C1=O. The molecule has 0 radical (unpaired) electrons. The molecule has 4 heteroatoms. The van der Waals surface area contributed by atoms with Crippen molar-refractivity contribution >= 4 is 11.5 Å². The summed E-state index contributed by atoms with van der Waals surface area (Å²) in [6.45, 7) is 2.27. The third-order valence-corrected chi connectivity index (χ3v) is 3.63. The van der Waals surface area contributed by atoms with Crippen LogP contribution in [0.5, 0.6) is 11.5 Å². The number of Topliss-reactive ketones (excluding diaryl/α,β-unsaturated/α-hetero) is 1. The second-order valence-corrected chi connectivity index (χ2v) is 5.04. The van der Waals surface area contributed by atoms with Crippen LogP contribution >= 0.6 is 0 Å². The minimum Gasteiger partial charge on any atom is -0.454 e. The van der Waals surface area contributed by atoms with Crippen molar-refractivity contribution in [1.29, 1.82) is 0 Å². The number of allylic oxidation sites excluding steroid dienone is 1. The van der Waals surface area contributed by atoms with Crippen LogP contribution in [-0.2, 0) is 4.79 Å². The number of carbonyl (C=O) groups excluding carboxylic acids is 1. The number of anilines is 1. The zero-order valence-corrected chi connectivity index (χ0v) is 10.9. The predicted molar refractivity (Wildman–Crippen MR) is 72.3 cm³/mol. The van der Waals surface area contributed by atoms with Crippen LogP contribution in [0.15, 0.2) is 30.0 Å². The molecule has 1 fully saturated rings. The maximum absolute atomic E-state index is 12.0. The van der Waals surface area contributed by atoms with Crippen molar-refractivity contribution in [3.8, 4) is 11.5 Å². The average molecular weight is 259 g/mol. The zero-order chi connectivity index (χ0) is 13.2. The molecule has 1 aromatic carbocycles. The highest BCUT2D eigenvalue weighted by atomic mass is 16.7. The number of nitrogens with one attached hydrogen (secondary N) is 1. The molecule has 1 N–H and O–H groups in total. The Bertz CT molecular complexity index is 536. The van der Waals surface area contributed by atoms with Gasteiger partial charge in [0.1, 0.15) is 0 Å². The summed E-state index contributed by atoms with van der Waals surface area (Å²) in [5.41, 5.74) is 1.79. The van der Waals surface area contributed by atoms with E-state index in [1.165, 1.54) is 0 Å². The molecule has 19 heavy (non-hydrogen) atoms. The number of benzene rings is 1. The molecule has 4 nitrogen and oxygen atoms in total. The van der Waals surface area contributed by atoms with Crippen LogP contribution in [-0.4, -0.2) is 12.6 Å². The molecule has 2 aliphatic rings. The molecule has 1 aliphatic heterocycles. The van der Waals surface area contributed by atoms with Gasteiger partial charge < -0.3 is 14.8 Å². The second-order valence-electron chi connectivity index (χ2n) is 5.04. The Morgan fingerprint density at radius 3 is 3.05 bits per heavy atom. The van der Waals surface area contributed by atoms with Crippen LogP contribution in [0.3, 0.4) is 0 Å². The van der Waals surface area contributed by atoms with E-state index in [-0.39, 0.29) is 18.5 Å². The fourth-order valence-electron chi connectivity index (χ4n) is 2.47. The van der Waals surface area contributed by atoms with Gasteiger partial charge in [-0.15, -0.1) is 0 Å². The van der Waals surface area contributed by atoms with Gasteiger partial charge >= 0.3 is 0 Å². The largest absolute Gasteiger partial charge is 0.454 e. The molecule has 100 valence electrons. The van der Waals surface area contributed by atoms with E-state index in [1.807, 2.05) is 31.3 Å². The molecule has 0 unspecified atom stereocenters. The van der Waals surface area contributed by atoms with Crippen molar-refractivity contribution < 1.29 is 14.3 Å². The van der Waals surface area contributed by atoms with Crippen LogP contribution in [0.2, 0.25) is 0 Å². The highest BCUT2D eigenvalue weighted by Crippen LogP contribution is 2.34. The van der Waals surface area contributed by atoms with Gasteiger partial charge in [0.15, 0.2) is 17.3 Å². The van der Waals surface area contributed by atoms with E-state index in [4.69, 9.17) is 9.47 Å². The number of hydrogen-bond donors (Lipinski definition) is 1. The maximum Gasteiger partial charge on any atom is 0.231 e. The molecule has 1 saturated carbocycles. The average Bonchev–Trinajstić information content (AvgIpc) is 2.88. The van der Waals surface area contributed by atoms with Gasteiger partial charge in [0, 0.05) is 29.4 Å². The topological polar surface area (TPSA) is 47.6 Å². The van der Waals surface area contributed by atoms with Gasteiger partial charge in [-0.25, -0.2) is 0 Å². The Kier molecular flexibility index (Phi) is 3.15. The minimum absolute atomic E-state index is 0.151. The van der Waals surface area contributed by atoms with Gasteiger partial charge in [0.25, 0.3) is 0 Å². The van der Waals surface area contributed by atoms with E-state index in [1.54, 1.807) is 0 Å². The van der Waals surface area contributed by atoms with Crippen molar-refractivity contribution in [3.63, 3.8) is 0 Å². The second kappa shape index (κ2) is 4.96. The molecule has 0 aromatic heterocycles. The van der Waals surface area contributed by atoms with Crippen molar-refractivity contribution in [1.82, 2.24) is 0 Å². The lowest BCUT2D eigenvalue weighted by molar-refractivity contribution is -0.119. The molecular weight excluding hydrogens is 242 g/mol. The first kappa shape index (κ1) is 12.1. The predicted octanol–water partition coefficient (Wildman–Crippen LogP) is 3.10. The summed E-state index contributed by atoms with van der Waals surface area (Å²) in [7, 11) is 0. The highest BCUT2D eigenvalue weighted by Gasteiger charge is 2.22. The summed E-state index contributed by atoms with van der Waals surface area (Å²) < 4.78 is 10.6.